The average molecular weight is 224 g/mol. The van der Waals surface area contributed by atoms with E-state index in [1.165, 1.54) is 32.1 Å². The standard InChI is InChI=1S/C13H24N2O/c1-2-5-12-6-3-4-9-15(12)13(16)11-7-8-14-10-11/h11-12,14H,2-10H2,1H3. The van der Waals surface area contributed by atoms with E-state index in [9.17, 15) is 4.79 Å². The first-order valence-electron chi connectivity index (χ1n) is 6.84. The second kappa shape index (κ2) is 5.67. The number of hydrogen-bond donors (Lipinski definition) is 1. The minimum atomic E-state index is 0.262. The fourth-order valence-corrected chi connectivity index (χ4v) is 3.02. The topological polar surface area (TPSA) is 32.3 Å². The number of amides is 1. The number of nitrogens with zero attached hydrogens (tertiary/aromatic N) is 1. The van der Waals surface area contributed by atoms with Crippen LogP contribution in [0.3, 0.4) is 0 Å². The number of likely N-dealkylation sites (tertiary alicyclic amines) is 1. The molecule has 2 aliphatic heterocycles. The van der Waals surface area contributed by atoms with E-state index in [1.807, 2.05) is 0 Å². The third kappa shape index (κ3) is 2.57. The first kappa shape index (κ1) is 11.9. The Hall–Kier alpha value is -0.570. The zero-order valence-electron chi connectivity index (χ0n) is 10.4. The molecule has 1 N–H and O–H groups in total. The molecule has 92 valence electrons. The summed E-state index contributed by atoms with van der Waals surface area (Å²) in [5.41, 5.74) is 0. The van der Waals surface area contributed by atoms with E-state index >= 15 is 0 Å². The van der Waals surface area contributed by atoms with Gasteiger partial charge in [0.15, 0.2) is 0 Å². The Balaban J connectivity index is 1.95. The van der Waals surface area contributed by atoms with Gasteiger partial charge < -0.3 is 10.2 Å². The summed E-state index contributed by atoms with van der Waals surface area (Å²) in [7, 11) is 0. The quantitative estimate of drug-likeness (QED) is 0.792. The lowest BCUT2D eigenvalue weighted by molar-refractivity contribution is -0.138. The highest BCUT2D eigenvalue weighted by Crippen LogP contribution is 2.24. The van der Waals surface area contributed by atoms with Crippen LogP contribution in [0.2, 0.25) is 0 Å². The monoisotopic (exact) mass is 224 g/mol. The van der Waals surface area contributed by atoms with Gasteiger partial charge in [-0.3, -0.25) is 4.79 Å². The number of carbonyl (C=O) groups excluding carboxylic acids is 1. The highest BCUT2D eigenvalue weighted by atomic mass is 16.2. The van der Waals surface area contributed by atoms with Gasteiger partial charge in [0.1, 0.15) is 0 Å². The molecular weight excluding hydrogens is 200 g/mol. The fourth-order valence-electron chi connectivity index (χ4n) is 3.02. The molecule has 2 atom stereocenters. The van der Waals surface area contributed by atoms with Crippen LogP contribution in [0.5, 0.6) is 0 Å². The fraction of sp³-hybridized carbons (Fsp3) is 0.923. The first-order chi connectivity index (χ1) is 7.83. The van der Waals surface area contributed by atoms with Crippen molar-refractivity contribution in [3.8, 4) is 0 Å². The molecule has 0 aromatic heterocycles. The Bertz CT molecular complexity index is 234. The maximum Gasteiger partial charge on any atom is 0.227 e. The average Bonchev–Trinajstić information content (AvgIpc) is 2.83. The van der Waals surface area contributed by atoms with E-state index in [0.717, 1.165) is 26.1 Å². The van der Waals surface area contributed by atoms with E-state index in [2.05, 4.69) is 17.1 Å². The van der Waals surface area contributed by atoms with E-state index in [1.54, 1.807) is 0 Å². The molecule has 0 aromatic carbocycles. The third-order valence-electron chi connectivity index (χ3n) is 3.94. The van der Waals surface area contributed by atoms with Gasteiger partial charge in [0.05, 0.1) is 5.92 Å². The Morgan fingerprint density at radius 2 is 2.25 bits per heavy atom. The van der Waals surface area contributed by atoms with Crippen LogP contribution in [0.4, 0.5) is 0 Å². The minimum absolute atomic E-state index is 0.262. The van der Waals surface area contributed by atoms with Gasteiger partial charge in [0.2, 0.25) is 5.91 Å². The Morgan fingerprint density at radius 1 is 1.38 bits per heavy atom. The minimum Gasteiger partial charge on any atom is -0.339 e. The van der Waals surface area contributed by atoms with Gasteiger partial charge in [-0.05, 0) is 38.6 Å². The molecule has 3 heteroatoms. The Labute approximate surface area is 98.6 Å². The van der Waals surface area contributed by atoms with Crippen LogP contribution < -0.4 is 5.32 Å². The molecule has 0 radical (unpaired) electrons. The molecule has 0 spiro atoms. The molecule has 1 amide bonds. The lowest BCUT2D eigenvalue weighted by Gasteiger charge is -2.37. The van der Waals surface area contributed by atoms with Gasteiger partial charge in [-0.2, -0.15) is 0 Å². The van der Waals surface area contributed by atoms with Crippen LogP contribution in [0.15, 0.2) is 0 Å². The largest absolute Gasteiger partial charge is 0.339 e. The van der Waals surface area contributed by atoms with Crippen LogP contribution in [0.25, 0.3) is 0 Å². The molecule has 2 heterocycles. The molecular formula is C13H24N2O. The second-order valence-corrected chi connectivity index (χ2v) is 5.16. The normalized spacial score (nSPS) is 30.7. The van der Waals surface area contributed by atoms with Crippen molar-refractivity contribution in [2.75, 3.05) is 19.6 Å². The molecule has 0 aliphatic carbocycles. The Kier molecular flexibility index (Phi) is 4.22. The third-order valence-corrected chi connectivity index (χ3v) is 3.94. The van der Waals surface area contributed by atoms with Crippen LogP contribution in [-0.4, -0.2) is 36.5 Å². The van der Waals surface area contributed by atoms with E-state index < -0.39 is 0 Å². The Morgan fingerprint density at radius 3 is 2.94 bits per heavy atom. The summed E-state index contributed by atoms with van der Waals surface area (Å²) >= 11 is 0. The van der Waals surface area contributed by atoms with Crippen LogP contribution in [-0.2, 0) is 4.79 Å². The zero-order chi connectivity index (χ0) is 11.4. The number of rotatable bonds is 3. The number of nitrogens with one attached hydrogen (secondary N) is 1. The summed E-state index contributed by atoms with van der Waals surface area (Å²) < 4.78 is 0. The molecule has 2 unspecified atom stereocenters. The number of hydrogen-bond acceptors (Lipinski definition) is 2. The summed E-state index contributed by atoms with van der Waals surface area (Å²) in [6.07, 6.45) is 7.14. The van der Waals surface area contributed by atoms with Crippen molar-refractivity contribution in [1.82, 2.24) is 10.2 Å². The SMILES string of the molecule is CCCC1CCCCN1C(=O)C1CCNC1. The lowest BCUT2D eigenvalue weighted by atomic mass is 9.95. The molecule has 2 fully saturated rings. The molecule has 0 saturated carbocycles. The second-order valence-electron chi connectivity index (χ2n) is 5.16. The van der Waals surface area contributed by atoms with E-state index in [-0.39, 0.29) is 5.92 Å². The first-order valence-corrected chi connectivity index (χ1v) is 6.84. The molecule has 2 rings (SSSR count). The maximum absolute atomic E-state index is 12.4. The van der Waals surface area contributed by atoms with Gasteiger partial charge in [0, 0.05) is 19.1 Å². The van der Waals surface area contributed by atoms with Crippen molar-refractivity contribution in [2.24, 2.45) is 5.92 Å². The van der Waals surface area contributed by atoms with Crippen LogP contribution in [0, 0.1) is 5.92 Å². The molecule has 0 bridgehead atoms. The molecule has 3 nitrogen and oxygen atoms in total. The van der Waals surface area contributed by atoms with Crippen LogP contribution >= 0.6 is 0 Å². The summed E-state index contributed by atoms with van der Waals surface area (Å²) in [5, 5.41) is 3.29. The predicted molar refractivity (Wildman–Crippen MR) is 65.2 cm³/mol. The van der Waals surface area contributed by atoms with Gasteiger partial charge in [0.25, 0.3) is 0 Å². The maximum atomic E-state index is 12.4. The van der Waals surface area contributed by atoms with Crippen molar-refractivity contribution < 1.29 is 4.79 Å². The summed E-state index contributed by atoms with van der Waals surface area (Å²) in [6.45, 7) is 5.13. The highest BCUT2D eigenvalue weighted by molar-refractivity contribution is 5.79. The summed E-state index contributed by atoms with van der Waals surface area (Å²) in [4.78, 5) is 14.6. The van der Waals surface area contributed by atoms with Gasteiger partial charge in [-0.25, -0.2) is 0 Å². The van der Waals surface area contributed by atoms with E-state index in [0.29, 0.717) is 11.9 Å². The highest BCUT2D eigenvalue weighted by Gasteiger charge is 2.32. The number of piperidine rings is 1. The number of carbonyl (C=O) groups is 1. The molecule has 0 aromatic rings. The van der Waals surface area contributed by atoms with E-state index in [4.69, 9.17) is 0 Å². The van der Waals surface area contributed by atoms with Crippen molar-refractivity contribution in [3.05, 3.63) is 0 Å². The van der Waals surface area contributed by atoms with Gasteiger partial charge in [-0.1, -0.05) is 13.3 Å². The van der Waals surface area contributed by atoms with Crippen molar-refractivity contribution in [3.63, 3.8) is 0 Å². The molecule has 2 saturated heterocycles. The zero-order valence-corrected chi connectivity index (χ0v) is 10.4. The summed E-state index contributed by atoms with van der Waals surface area (Å²) in [5.74, 6) is 0.681. The van der Waals surface area contributed by atoms with Crippen molar-refractivity contribution in [1.29, 1.82) is 0 Å². The van der Waals surface area contributed by atoms with Crippen molar-refractivity contribution >= 4 is 5.91 Å². The molecule has 2 aliphatic rings. The lowest BCUT2D eigenvalue weighted by Crippen LogP contribution is -2.46. The predicted octanol–water partition coefficient (Wildman–Crippen LogP) is 1.78. The van der Waals surface area contributed by atoms with Gasteiger partial charge >= 0.3 is 0 Å². The van der Waals surface area contributed by atoms with Gasteiger partial charge in [-0.15, -0.1) is 0 Å². The van der Waals surface area contributed by atoms with Crippen LogP contribution in [0.1, 0.15) is 45.4 Å². The molecule has 16 heavy (non-hydrogen) atoms. The van der Waals surface area contributed by atoms with Crippen molar-refractivity contribution in [2.45, 2.75) is 51.5 Å². The smallest absolute Gasteiger partial charge is 0.227 e. The summed E-state index contributed by atoms with van der Waals surface area (Å²) in [6, 6.07) is 0.534.